The topological polar surface area (TPSA) is 40.5 Å². The van der Waals surface area contributed by atoms with Gasteiger partial charge in [-0.2, -0.15) is 0 Å². The smallest absolute Gasteiger partial charge is 0.311 e. The fourth-order valence-electron chi connectivity index (χ4n) is 2.76. The molecule has 3 nitrogen and oxygen atoms in total. The highest BCUT2D eigenvalue weighted by Crippen LogP contribution is 2.31. The lowest BCUT2D eigenvalue weighted by atomic mass is 9.81. The van der Waals surface area contributed by atoms with Crippen molar-refractivity contribution in [2.75, 3.05) is 20.1 Å². The van der Waals surface area contributed by atoms with Gasteiger partial charge >= 0.3 is 5.97 Å². The first-order valence-corrected chi connectivity index (χ1v) is 6.24. The molecule has 1 saturated heterocycles. The van der Waals surface area contributed by atoms with E-state index in [4.69, 9.17) is 0 Å². The minimum atomic E-state index is -0.818. The van der Waals surface area contributed by atoms with Crippen LogP contribution in [0.1, 0.15) is 24.3 Å². The highest BCUT2D eigenvalue weighted by atomic mass is 19.1. The van der Waals surface area contributed by atoms with Gasteiger partial charge in [-0.15, -0.1) is 0 Å². The molecule has 0 spiro atoms. The number of carbonyl (C=O) groups is 1. The quantitative estimate of drug-likeness (QED) is 0.896. The lowest BCUT2D eigenvalue weighted by Crippen LogP contribution is -2.37. The molecule has 0 aromatic heterocycles. The van der Waals surface area contributed by atoms with Crippen molar-refractivity contribution in [1.82, 2.24) is 4.90 Å². The zero-order chi connectivity index (χ0) is 13.1. The first-order valence-electron chi connectivity index (χ1n) is 6.24. The Labute approximate surface area is 106 Å². The van der Waals surface area contributed by atoms with Crippen molar-refractivity contribution < 1.29 is 14.3 Å². The normalized spacial score (nSPS) is 22.7. The van der Waals surface area contributed by atoms with Crippen LogP contribution in [0.4, 0.5) is 4.39 Å². The summed E-state index contributed by atoms with van der Waals surface area (Å²) in [4.78, 5) is 13.6. The van der Waals surface area contributed by atoms with Gasteiger partial charge in [-0.25, -0.2) is 4.39 Å². The van der Waals surface area contributed by atoms with Crippen molar-refractivity contribution in [3.63, 3.8) is 0 Å². The molecule has 98 valence electrons. The van der Waals surface area contributed by atoms with Gasteiger partial charge in [0.1, 0.15) is 5.82 Å². The second kappa shape index (κ2) is 5.48. The molecule has 2 rings (SSSR count). The number of carboxylic acid groups (broad SMARTS) is 1. The Balaban J connectivity index is 2.22. The number of hydrogen-bond donors (Lipinski definition) is 1. The van der Waals surface area contributed by atoms with Crippen molar-refractivity contribution in [2.24, 2.45) is 5.92 Å². The van der Waals surface area contributed by atoms with Crippen molar-refractivity contribution in [1.29, 1.82) is 0 Å². The van der Waals surface area contributed by atoms with E-state index in [9.17, 15) is 14.3 Å². The summed E-state index contributed by atoms with van der Waals surface area (Å²) < 4.78 is 12.9. The number of hydrogen-bond acceptors (Lipinski definition) is 2. The lowest BCUT2D eigenvalue weighted by molar-refractivity contribution is -0.140. The maximum Gasteiger partial charge on any atom is 0.311 e. The maximum atomic E-state index is 12.9. The Bertz CT molecular complexity index is 418. The van der Waals surface area contributed by atoms with Crippen LogP contribution in [0.25, 0.3) is 0 Å². The standard InChI is InChI=1S/C14H18FNO2/c1-16-8-2-3-11(9-16)13(14(17)18)10-4-6-12(15)7-5-10/h4-7,11,13H,2-3,8-9H2,1H3,(H,17,18). The molecule has 1 heterocycles. The van der Waals surface area contributed by atoms with E-state index >= 15 is 0 Å². The number of benzene rings is 1. The van der Waals surface area contributed by atoms with Crippen molar-refractivity contribution >= 4 is 5.97 Å². The Morgan fingerprint density at radius 3 is 2.67 bits per heavy atom. The van der Waals surface area contributed by atoms with E-state index in [1.807, 2.05) is 7.05 Å². The Hall–Kier alpha value is -1.42. The third-order valence-corrected chi connectivity index (χ3v) is 3.63. The predicted molar refractivity (Wildman–Crippen MR) is 67.0 cm³/mol. The molecule has 0 amide bonds. The zero-order valence-corrected chi connectivity index (χ0v) is 10.5. The minimum Gasteiger partial charge on any atom is -0.481 e. The van der Waals surface area contributed by atoms with Gasteiger partial charge in [0.05, 0.1) is 5.92 Å². The van der Waals surface area contributed by atoms with E-state index in [1.54, 1.807) is 12.1 Å². The van der Waals surface area contributed by atoms with Crippen LogP contribution in [0.15, 0.2) is 24.3 Å². The van der Waals surface area contributed by atoms with E-state index in [0.29, 0.717) is 5.56 Å². The molecule has 18 heavy (non-hydrogen) atoms. The summed E-state index contributed by atoms with van der Waals surface area (Å²) in [6.07, 6.45) is 1.94. The van der Waals surface area contributed by atoms with E-state index in [-0.39, 0.29) is 11.7 Å². The Morgan fingerprint density at radius 1 is 1.44 bits per heavy atom. The molecule has 0 aliphatic carbocycles. The van der Waals surface area contributed by atoms with Crippen LogP contribution in [0.2, 0.25) is 0 Å². The third-order valence-electron chi connectivity index (χ3n) is 3.63. The first-order chi connectivity index (χ1) is 8.58. The van der Waals surface area contributed by atoms with Crippen LogP contribution in [-0.4, -0.2) is 36.1 Å². The SMILES string of the molecule is CN1CCCC(C(C(=O)O)c2ccc(F)cc2)C1. The number of piperidine rings is 1. The minimum absolute atomic E-state index is 0.103. The molecule has 1 aromatic rings. The van der Waals surface area contributed by atoms with Gasteiger partial charge < -0.3 is 10.0 Å². The average Bonchev–Trinajstić information content (AvgIpc) is 2.32. The number of likely N-dealkylation sites (tertiary alicyclic amines) is 1. The Kier molecular flexibility index (Phi) is 3.97. The number of carboxylic acids is 1. The van der Waals surface area contributed by atoms with Gasteiger partial charge in [-0.05, 0) is 50.0 Å². The van der Waals surface area contributed by atoms with E-state index in [2.05, 4.69) is 4.90 Å². The molecule has 0 saturated carbocycles. The summed E-state index contributed by atoms with van der Waals surface area (Å²) in [5.74, 6) is -1.58. The predicted octanol–water partition coefficient (Wildman–Crippen LogP) is 2.34. The second-order valence-corrected chi connectivity index (χ2v) is 5.03. The van der Waals surface area contributed by atoms with Crippen LogP contribution < -0.4 is 0 Å². The summed E-state index contributed by atoms with van der Waals surface area (Å²) in [6.45, 7) is 1.81. The molecule has 1 aliphatic heterocycles. The second-order valence-electron chi connectivity index (χ2n) is 5.03. The van der Waals surface area contributed by atoms with E-state index in [0.717, 1.165) is 25.9 Å². The molecule has 1 fully saturated rings. The molecule has 4 heteroatoms. The molecular formula is C14H18FNO2. The number of aliphatic carboxylic acids is 1. The monoisotopic (exact) mass is 251 g/mol. The number of halogens is 1. The van der Waals surface area contributed by atoms with Crippen LogP contribution in [0.5, 0.6) is 0 Å². The Morgan fingerprint density at radius 2 is 2.11 bits per heavy atom. The molecule has 1 aliphatic rings. The molecule has 0 bridgehead atoms. The summed E-state index contributed by atoms with van der Waals surface area (Å²) in [5, 5.41) is 9.42. The van der Waals surface area contributed by atoms with Gasteiger partial charge in [0, 0.05) is 6.54 Å². The van der Waals surface area contributed by atoms with Crippen molar-refractivity contribution in [3.05, 3.63) is 35.6 Å². The fourth-order valence-corrected chi connectivity index (χ4v) is 2.76. The molecule has 1 aromatic carbocycles. The van der Waals surface area contributed by atoms with E-state index < -0.39 is 11.9 Å². The summed E-state index contributed by atoms with van der Waals surface area (Å²) in [6, 6.07) is 5.83. The zero-order valence-electron chi connectivity index (χ0n) is 10.5. The molecular weight excluding hydrogens is 233 g/mol. The highest BCUT2D eigenvalue weighted by molar-refractivity contribution is 5.76. The van der Waals surface area contributed by atoms with Crippen LogP contribution in [0.3, 0.4) is 0 Å². The van der Waals surface area contributed by atoms with Crippen LogP contribution in [0, 0.1) is 11.7 Å². The molecule has 2 atom stereocenters. The molecule has 2 unspecified atom stereocenters. The summed E-state index contributed by atoms with van der Waals surface area (Å²) >= 11 is 0. The highest BCUT2D eigenvalue weighted by Gasteiger charge is 2.32. The first kappa shape index (κ1) is 13.0. The van der Waals surface area contributed by atoms with Crippen molar-refractivity contribution in [2.45, 2.75) is 18.8 Å². The number of rotatable bonds is 3. The maximum absolute atomic E-state index is 12.9. The van der Waals surface area contributed by atoms with Gasteiger partial charge in [0.15, 0.2) is 0 Å². The summed E-state index contributed by atoms with van der Waals surface area (Å²) in [5.41, 5.74) is 0.698. The molecule has 1 N–H and O–H groups in total. The number of nitrogens with zero attached hydrogens (tertiary/aromatic N) is 1. The largest absolute Gasteiger partial charge is 0.481 e. The van der Waals surface area contributed by atoms with Gasteiger partial charge in [-0.1, -0.05) is 12.1 Å². The third kappa shape index (κ3) is 2.88. The van der Waals surface area contributed by atoms with Crippen LogP contribution in [-0.2, 0) is 4.79 Å². The van der Waals surface area contributed by atoms with Gasteiger partial charge in [-0.3, -0.25) is 4.79 Å². The van der Waals surface area contributed by atoms with E-state index in [1.165, 1.54) is 12.1 Å². The van der Waals surface area contributed by atoms with Gasteiger partial charge in [0.25, 0.3) is 0 Å². The summed E-state index contributed by atoms with van der Waals surface area (Å²) in [7, 11) is 2.01. The lowest BCUT2D eigenvalue weighted by Gasteiger charge is -2.33. The molecule has 0 radical (unpaired) electrons. The fraction of sp³-hybridized carbons (Fsp3) is 0.500. The average molecular weight is 251 g/mol. The van der Waals surface area contributed by atoms with Gasteiger partial charge in [0.2, 0.25) is 0 Å². The van der Waals surface area contributed by atoms with Crippen molar-refractivity contribution in [3.8, 4) is 0 Å². The van der Waals surface area contributed by atoms with Crippen LogP contribution >= 0.6 is 0 Å².